The average molecular weight is 1820 g/mol. The molecule has 21 unspecified atom stereocenters. The number of hydrogen-bond donors (Lipinski definition) is 0. The molecule has 14 nitrogen and oxygen atoms in total. The van der Waals surface area contributed by atoms with Crippen LogP contribution in [-0.4, -0.2) is 81.0 Å². The molecule has 0 saturated heterocycles. The summed E-state index contributed by atoms with van der Waals surface area (Å²) in [4.78, 5) is 85.7. The van der Waals surface area contributed by atoms with Crippen molar-refractivity contribution in [2.45, 2.75) is 566 Å². The van der Waals surface area contributed by atoms with Crippen molar-refractivity contribution < 1.29 is 66.7 Å². The Labute approximate surface area is 798 Å². The van der Waals surface area contributed by atoms with Crippen molar-refractivity contribution in [3.05, 3.63) is 0 Å². The van der Waals surface area contributed by atoms with Crippen LogP contribution in [0.1, 0.15) is 527 Å². The Morgan fingerprint density at radius 2 is 0.808 bits per heavy atom. The van der Waals surface area contributed by atoms with Gasteiger partial charge in [0.15, 0.2) is 0 Å². The third-order valence-corrected chi connectivity index (χ3v) is 38.9. The molecule has 21 atom stereocenters. The average Bonchev–Trinajstić information content (AvgIpc) is 1.57. The monoisotopic (exact) mass is 1820 g/mol. The highest BCUT2D eigenvalue weighted by Gasteiger charge is 2.63. The Balaban J connectivity index is 0.000000188. The number of ether oxygens (including phenoxy) is 7. The van der Waals surface area contributed by atoms with Gasteiger partial charge in [-0.15, -0.1) is 0 Å². The topological polar surface area (TPSA) is 184 Å². The summed E-state index contributed by atoms with van der Waals surface area (Å²) < 4.78 is 42.1. The zero-order valence-corrected chi connectivity index (χ0v) is 89.3. The summed E-state index contributed by atoms with van der Waals surface area (Å²) in [6.07, 6.45) is 65.0. The Morgan fingerprint density at radius 1 is 0.346 bits per heavy atom. The zero-order valence-electron chi connectivity index (χ0n) is 89.3. The fraction of sp³-hybridized carbons (Fsp3) is 0.940. The van der Waals surface area contributed by atoms with E-state index in [0.29, 0.717) is 40.9 Å². The quantitative estimate of drug-likeness (QED) is 0.0559. The SMILES string of the molecule is CCC(C)(C)C(=O)OC(C)(C1CCCCC1)C1CCCCC1.CCC(C)(C)C(=O)OC1(C)CCCC2CCCCC21.CCC(C)(C)C(=O)OC1(CC)CC2CCC1C2.CCC(C)C(=O)OC1(C)CC2CC1C1CCCC21.CCC(C)C(=O)OC1(C)CC2CCC1C2(C)C.CCC(C)C(=O)OC1(C)CCCCCCC1.CCCCC1(OC(=O)C(C)CC)CCC2CCCCC2C1. The van der Waals surface area contributed by atoms with Crippen LogP contribution in [0.2, 0.25) is 0 Å². The van der Waals surface area contributed by atoms with Crippen LogP contribution in [0.3, 0.4) is 0 Å². The molecule has 14 aliphatic rings. The van der Waals surface area contributed by atoms with Crippen molar-refractivity contribution in [3.8, 4) is 0 Å². The van der Waals surface area contributed by atoms with Crippen LogP contribution in [-0.2, 0) is 66.7 Å². The lowest BCUT2D eigenvalue weighted by Crippen LogP contribution is -2.49. The highest BCUT2D eigenvalue weighted by atomic mass is 16.6. The summed E-state index contributed by atoms with van der Waals surface area (Å²) in [5.41, 5.74) is -1.90. The molecule has 752 valence electrons. The largest absolute Gasteiger partial charge is 0.459 e. The van der Waals surface area contributed by atoms with Crippen LogP contribution in [0, 0.1) is 128 Å². The van der Waals surface area contributed by atoms with E-state index in [2.05, 4.69) is 96.9 Å². The van der Waals surface area contributed by atoms with Gasteiger partial charge in [0, 0.05) is 17.8 Å². The molecule has 0 amide bonds. The molecule has 0 N–H and O–H groups in total. The van der Waals surface area contributed by atoms with E-state index >= 15 is 0 Å². The van der Waals surface area contributed by atoms with Gasteiger partial charge in [-0.25, -0.2) is 0 Å². The minimum atomic E-state index is -0.357. The summed E-state index contributed by atoms with van der Waals surface area (Å²) in [6, 6.07) is 0. The second-order valence-electron chi connectivity index (χ2n) is 49.6. The zero-order chi connectivity index (χ0) is 96.1. The molecule has 0 radical (unpaired) electrons. The van der Waals surface area contributed by atoms with Crippen molar-refractivity contribution >= 4 is 41.8 Å². The molecule has 0 aliphatic heterocycles. The van der Waals surface area contributed by atoms with Crippen LogP contribution >= 0.6 is 0 Å². The van der Waals surface area contributed by atoms with Crippen LogP contribution in [0.4, 0.5) is 0 Å². The van der Waals surface area contributed by atoms with Gasteiger partial charge in [0.05, 0.1) is 39.9 Å². The van der Waals surface area contributed by atoms with E-state index in [0.717, 1.165) is 156 Å². The van der Waals surface area contributed by atoms with E-state index < -0.39 is 0 Å². The number of esters is 7. The van der Waals surface area contributed by atoms with Crippen LogP contribution in [0.25, 0.3) is 0 Å². The van der Waals surface area contributed by atoms with Gasteiger partial charge in [-0.1, -0.05) is 219 Å². The van der Waals surface area contributed by atoms with Crippen LogP contribution < -0.4 is 0 Å². The molecule has 6 bridgehead atoms. The molecule has 0 aromatic carbocycles. The first-order valence-electron chi connectivity index (χ1n) is 55.9. The van der Waals surface area contributed by atoms with Crippen LogP contribution in [0.5, 0.6) is 0 Å². The predicted molar refractivity (Wildman–Crippen MR) is 531 cm³/mol. The number of hydrogen-bond acceptors (Lipinski definition) is 14. The third kappa shape index (κ3) is 28.5. The van der Waals surface area contributed by atoms with Gasteiger partial charge in [-0.2, -0.15) is 0 Å². The second-order valence-corrected chi connectivity index (χ2v) is 49.6. The normalized spacial score (nSPS) is 33.9. The Bertz CT molecular complexity index is 3460. The smallest absolute Gasteiger partial charge is 0.312 e. The van der Waals surface area contributed by atoms with E-state index in [4.69, 9.17) is 33.2 Å². The van der Waals surface area contributed by atoms with Gasteiger partial charge >= 0.3 is 41.8 Å². The summed E-state index contributed by atoms with van der Waals surface area (Å²) in [6.45, 7) is 54.4. The lowest BCUT2D eigenvalue weighted by molar-refractivity contribution is -0.187. The maximum absolute atomic E-state index is 12.8. The van der Waals surface area contributed by atoms with Crippen molar-refractivity contribution in [1.82, 2.24) is 0 Å². The first-order valence-corrected chi connectivity index (χ1v) is 55.9. The standard InChI is InChI=1S/C20H36O2.C19H34O2.C17H30O2.C16H26O2.2C15H26O2.C14H26O2/c1-5-19(2,3)18(21)22-20(4,16-12-8-6-9-13-16)17-14-10-7-11-15-17;1-4-6-12-19(21-18(20)15(3)5-2)13-11-16-9-7-8-10-17(16)14-19;1-5-16(2,3)15(18)19-17(4)12-8-10-13-9-6-7-11-14(13)17;1-4-10(2)15(17)18-16(3)9-11-8-14(16)13-7-5-6-12(11)13;1-6-10(2)13(16)17-15(5)9-11-7-8-12(15)14(11,3)4;1-5-14(3,4)13(16)17-15(6-2)10-11-7-8-12(15)9-11;1-4-12(2)13(15)16-14(3)10-8-6-5-7-9-11-14/h16-17H,5-15H2,1-4H3;15-17H,4-14H2,1-3H3;13-14H,5-12H2,1-4H3;10-14H,4-9H2,1-3H3;10-12H,6-9H2,1-5H3;11-12H,5-10H2,1-4H3;12H,4-11H2,1-3H3. The lowest BCUT2D eigenvalue weighted by atomic mass is 9.63. The van der Waals surface area contributed by atoms with Gasteiger partial charge in [-0.05, 0) is 378 Å². The number of carbonyl (C=O) groups is 7. The molecule has 0 heterocycles. The van der Waals surface area contributed by atoms with Gasteiger partial charge in [0.2, 0.25) is 0 Å². The minimum absolute atomic E-state index is 0.00153. The molecule has 0 aromatic heterocycles. The third-order valence-electron chi connectivity index (χ3n) is 38.9. The molecule has 14 aliphatic carbocycles. The van der Waals surface area contributed by atoms with Gasteiger partial charge in [0.25, 0.3) is 0 Å². The van der Waals surface area contributed by atoms with E-state index in [9.17, 15) is 33.6 Å². The first-order chi connectivity index (χ1) is 61.2. The van der Waals surface area contributed by atoms with Crippen molar-refractivity contribution in [2.24, 2.45) is 128 Å². The van der Waals surface area contributed by atoms with E-state index in [1.807, 2.05) is 83.1 Å². The molecule has 14 rings (SSSR count). The summed E-state index contributed by atoms with van der Waals surface area (Å²) >= 11 is 0. The summed E-state index contributed by atoms with van der Waals surface area (Å²) in [5.74, 6) is 10.6. The predicted octanol–water partition coefficient (Wildman–Crippen LogP) is 31.7. The maximum Gasteiger partial charge on any atom is 0.312 e. The Kier molecular flexibility index (Phi) is 42.3. The fourth-order valence-corrected chi connectivity index (χ4v) is 27.4. The van der Waals surface area contributed by atoms with Crippen molar-refractivity contribution in [3.63, 3.8) is 0 Å². The number of rotatable bonds is 27. The van der Waals surface area contributed by atoms with E-state index in [1.165, 1.54) is 238 Å². The molecule has 130 heavy (non-hydrogen) atoms. The van der Waals surface area contributed by atoms with Crippen LogP contribution in [0.15, 0.2) is 0 Å². The number of carbonyl (C=O) groups excluding carboxylic acids is 7. The molecular formula is C116H204O14. The molecular weight excluding hydrogens is 1620 g/mol. The Morgan fingerprint density at radius 3 is 1.30 bits per heavy atom. The second kappa shape index (κ2) is 49.2. The number of unbranched alkanes of at least 4 members (excludes halogenated alkanes) is 1. The van der Waals surface area contributed by atoms with Crippen molar-refractivity contribution in [1.29, 1.82) is 0 Å². The molecule has 0 aromatic rings. The Hall–Kier alpha value is -3.71. The highest BCUT2D eigenvalue weighted by molar-refractivity contribution is 5.78. The van der Waals surface area contributed by atoms with Gasteiger partial charge in [0.1, 0.15) is 39.2 Å². The summed E-state index contributed by atoms with van der Waals surface area (Å²) in [5, 5.41) is 0. The first kappa shape index (κ1) is 112. The van der Waals surface area contributed by atoms with Gasteiger partial charge in [-0.3, -0.25) is 33.6 Å². The number of fused-ring (bicyclic) bond motifs is 11. The maximum atomic E-state index is 12.8. The molecule has 14 fully saturated rings. The molecule has 14 heteroatoms. The van der Waals surface area contributed by atoms with Gasteiger partial charge < -0.3 is 33.2 Å². The van der Waals surface area contributed by atoms with E-state index in [-0.39, 0.29) is 121 Å². The van der Waals surface area contributed by atoms with Crippen molar-refractivity contribution in [2.75, 3.05) is 0 Å². The summed E-state index contributed by atoms with van der Waals surface area (Å²) in [7, 11) is 0. The molecule has 14 saturated carbocycles. The minimum Gasteiger partial charge on any atom is -0.459 e. The fourth-order valence-electron chi connectivity index (χ4n) is 27.4. The highest BCUT2D eigenvalue weighted by Crippen LogP contribution is 2.65. The van der Waals surface area contributed by atoms with E-state index in [1.54, 1.807) is 0 Å². The molecule has 0 spiro atoms. The lowest BCUT2D eigenvalue weighted by Gasteiger charge is -2.48.